The van der Waals surface area contributed by atoms with Crippen LogP contribution in [-0.2, 0) is 19.3 Å². The molecule has 0 fully saturated rings. The first-order valence-electron chi connectivity index (χ1n) is 7.50. The molecular weight excluding hydrogens is 413 g/mol. The summed E-state index contributed by atoms with van der Waals surface area (Å²) < 4.78 is 39.9. The Hall–Kier alpha value is -1.70. The first-order chi connectivity index (χ1) is 11.9. The van der Waals surface area contributed by atoms with Gasteiger partial charge in [-0.15, -0.1) is 11.3 Å². The predicted molar refractivity (Wildman–Crippen MR) is 97.2 cm³/mol. The summed E-state index contributed by atoms with van der Waals surface area (Å²) in [5, 5.41) is 3.88. The molecular formula is C18H14BrF3N2S. The van der Waals surface area contributed by atoms with Gasteiger partial charge in [-0.05, 0) is 29.3 Å². The second kappa shape index (κ2) is 7.68. The van der Waals surface area contributed by atoms with E-state index in [1.54, 1.807) is 12.3 Å². The van der Waals surface area contributed by atoms with Gasteiger partial charge in [0.1, 0.15) is 5.01 Å². The van der Waals surface area contributed by atoms with Gasteiger partial charge in [-0.3, -0.25) is 0 Å². The highest BCUT2D eigenvalue weighted by Crippen LogP contribution is 2.32. The minimum atomic E-state index is -4.34. The third-order valence-corrected chi connectivity index (χ3v) is 5.12. The van der Waals surface area contributed by atoms with Gasteiger partial charge in [-0.1, -0.05) is 46.3 Å². The molecule has 7 heteroatoms. The highest BCUT2D eigenvalue weighted by atomic mass is 79.9. The van der Waals surface area contributed by atoms with E-state index < -0.39 is 11.7 Å². The van der Waals surface area contributed by atoms with Gasteiger partial charge in [0.2, 0.25) is 0 Å². The molecule has 2 nitrogen and oxygen atoms in total. The van der Waals surface area contributed by atoms with Gasteiger partial charge < -0.3 is 5.32 Å². The molecule has 1 aromatic heterocycles. The smallest absolute Gasteiger partial charge is 0.306 e. The molecule has 0 unspecified atom stereocenters. The van der Waals surface area contributed by atoms with Crippen LogP contribution in [0.4, 0.5) is 13.2 Å². The molecule has 0 atom stereocenters. The van der Waals surface area contributed by atoms with Crippen LogP contribution in [0, 0.1) is 0 Å². The Bertz CT molecular complexity index is 861. The highest BCUT2D eigenvalue weighted by molar-refractivity contribution is 9.10. The summed E-state index contributed by atoms with van der Waals surface area (Å²) in [5.74, 6) is 0. The lowest BCUT2D eigenvalue weighted by Gasteiger charge is -2.12. The van der Waals surface area contributed by atoms with Gasteiger partial charge in [-0.25, -0.2) is 4.98 Å². The molecule has 2 aromatic carbocycles. The number of nitrogens with one attached hydrogen (secondary N) is 1. The summed E-state index contributed by atoms with van der Waals surface area (Å²) in [7, 11) is 0. The van der Waals surface area contributed by atoms with E-state index in [2.05, 4.69) is 26.2 Å². The molecule has 130 valence electrons. The van der Waals surface area contributed by atoms with Gasteiger partial charge in [0.15, 0.2) is 0 Å². The standard InChI is InChI=1S/C18H14BrF3N2S/c19-14-6-3-5-12(8-14)16-10-24-17(25-16)11-23-9-13-4-1-2-7-15(13)18(20,21)22/h1-8,10,23H,9,11H2. The van der Waals surface area contributed by atoms with E-state index in [-0.39, 0.29) is 12.1 Å². The Morgan fingerprint density at radius 1 is 1.04 bits per heavy atom. The van der Waals surface area contributed by atoms with Crippen molar-refractivity contribution in [3.63, 3.8) is 0 Å². The summed E-state index contributed by atoms with van der Waals surface area (Å²) >= 11 is 4.96. The molecule has 0 amide bonds. The normalized spacial score (nSPS) is 11.7. The van der Waals surface area contributed by atoms with E-state index in [0.29, 0.717) is 6.54 Å². The fraction of sp³-hybridized carbons (Fsp3) is 0.167. The Morgan fingerprint density at radius 3 is 2.60 bits per heavy atom. The van der Waals surface area contributed by atoms with E-state index in [0.717, 1.165) is 26.0 Å². The zero-order valence-electron chi connectivity index (χ0n) is 13.0. The molecule has 3 rings (SSSR count). The Kier molecular flexibility index (Phi) is 5.56. The lowest BCUT2D eigenvalue weighted by atomic mass is 10.1. The number of hydrogen-bond acceptors (Lipinski definition) is 3. The van der Waals surface area contributed by atoms with Crippen molar-refractivity contribution < 1.29 is 13.2 Å². The molecule has 0 bridgehead atoms. The molecule has 0 spiro atoms. The zero-order valence-corrected chi connectivity index (χ0v) is 15.4. The van der Waals surface area contributed by atoms with E-state index >= 15 is 0 Å². The first kappa shape index (κ1) is 18.1. The van der Waals surface area contributed by atoms with Gasteiger partial charge in [-0.2, -0.15) is 13.2 Å². The maximum absolute atomic E-state index is 13.0. The number of rotatable bonds is 5. The maximum atomic E-state index is 13.0. The lowest BCUT2D eigenvalue weighted by Crippen LogP contribution is -2.17. The van der Waals surface area contributed by atoms with Crippen molar-refractivity contribution in [3.05, 3.63) is 75.3 Å². The van der Waals surface area contributed by atoms with Crippen LogP contribution < -0.4 is 5.32 Å². The van der Waals surface area contributed by atoms with Crippen molar-refractivity contribution in [1.82, 2.24) is 10.3 Å². The van der Waals surface area contributed by atoms with Crippen LogP contribution in [0.15, 0.2) is 59.2 Å². The van der Waals surface area contributed by atoms with E-state index in [4.69, 9.17) is 0 Å². The summed E-state index contributed by atoms with van der Waals surface area (Å²) in [4.78, 5) is 5.37. The average molecular weight is 427 g/mol. The number of alkyl halides is 3. The molecule has 1 heterocycles. The van der Waals surface area contributed by atoms with E-state index in [1.165, 1.54) is 23.5 Å². The van der Waals surface area contributed by atoms with Crippen LogP contribution in [-0.4, -0.2) is 4.98 Å². The summed E-state index contributed by atoms with van der Waals surface area (Å²) in [5.41, 5.74) is 0.691. The number of halogens is 4. The minimum absolute atomic E-state index is 0.140. The van der Waals surface area contributed by atoms with Crippen molar-refractivity contribution in [2.24, 2.45) is 0 Å². The van der Waals surface area contributed by atoms with Crippen molar-refractivity contribution in [1.29, 1.82) is 0 Å². The molecule has 1 N–H and O–H groups in total. The quantitative estimate of drug-likeness (QED) is 0.550. The first-order valence-corrected chi connectivity index (χ1v) is 9.11. The minimum Gasteiger partial charge on any atom is -0.306 e. The Morgan fingerprint density at radius 2 is 1.84 bits per heavy atom. The SMILES string of the molecule is FC(F)(F)c1ccccc1CNCc1ncc(-c2cccc(Br)c2)s1. The lowest BCUT2D eigenvalue weighted by molar-refractivity contribution is -0.138. The molecule has 3 aromatic rings. The fourth-order valence-electron chi connectivity index (χ4n) is 2.42. The second-order valence-corrected chi connectivity index (χ2v) is 7.42. The average Bonchev–Trinajstić information content (AvgIpc) is 3.03. The highest BCUT2D eigenvalue weighted by Gasteiger charge is 2.32. The molecule has 0 saturated heterocycles. The summed E-state index contributed by atoms with van der Waals surface area (Å²) in [6, 6.07) is 13.5. The number of hydrogen-bond donors (Lipinski definition) is 1. The molecule has 0 radical (unpaired) electrons. The molecule has 0 aliphatic carbocycles. The van der Waals surface area contributed by atoms with Gasteiger partial charge in [0.25, 0.3) is 0 Å². The van der Waals surface area contributed by atoms with Crippen molar-refractivity contribution >= 4 is 27.3 Å². The van der Waals surface area contributed by atoms with Crippen LogP contribution in [0.2, 0.25) is 0 Å². The monoisotopic (exact) mass is 426 g/mol. The maximum Gasteiger partial charge on any atom is 0.416 e. The van der Waals surface area contributed by atoms with Crippen molar-refractivity contribution in [2.45, 2.75) is 19.3 Å². The molecule has 0 aliphatic heterocycles. The number of aromatic nitrogens is 1. The zero-order chi connectivity index (χ0) is 17.9. The van der Waals surface area contributed by atoms with Crippen LogP contribution in [0.5, 0.6) is 0 Å². The Labute approximate surface area is 155 Å². The predicted octanol–water partition coefficient (Wildman–Crippen LogP) is 5.88. The third kappa shape index (κ3) is 4.68. The fourth-order valence-corrected chi connectivity index (χ4v) is 3.71. The summed E-state index contributed by atoms with van der Waals surface area (Å²) in [6.45, 7) is 0.562. The van der Waals surface area contributed by atoms with Crippen molar-refractivity contribution in [2.75, 3.05) is 0 Å². The number of benzene rings is 2. The van der Waals surface area contributed by atoms with Gasteiger partial charge in [0.05, 0.1) is 10.4 Å². The Balaban J connectivity index is 1.64. The van der Waals surface area contributed by atoms with Crippen molar-refractivity contribution in [3.8, 4) is 10.4 Å². The van der Waals surface area contributed by atoms with Gasteiger partial charge >= 0.3 is 6.18 Å². The van der Waals surface area contributed by atoms with Crippen LogP contribution in [0.3, 0.4) is 0 Å². The van der Waals surface area contributed by atoms with E-state index in [1.807, 2.05) is 24.3 Å². The van der Waals surface area contributed by atoms with Gasteiger partial charge in [0, 0.05) is 23.8 Å². The molecule has 25 heavy (non-hydrogen) atoms. The largest absolute Gasteiger partial charge is 0.416 e. The van der Waals surface area contributed by atoms with E-state index in [9.17, 15) is 13.2 Å². The number of nitrogens with zero attached hydrogens (tertiary/aromatic N) is 1. The number of thiazole rings is 1. The van der Waals surface area contributed by atoms with Crippen LogP contribution in [0.1, 0.15) is 16.1 Å². The molecule has 0 saturated carbocycles. The topological polar surface area (TPSA) is 24.9 Å². The third-order valence-electron chi connectivity index (χ3n) is 3.58. The second-order valence-electron chi connectivity index (χ2n) is 5.39. The molecule has 0 aliphatic rings. The van der Waals surface area contributed by atoms with Crippen LogP contribution in [0.25, 0.3) is 10.4 Å². The summed E-state index contributed by atoms with van der Waals surface area (Å²) in [6.07, 6.45) is -2.56. The van der Waals surface area contributed by atoms with Crippen LogP contribution >= 0.6 is 27.3 Å².